The van der Waals surface area contributed by atoms with Crippen LogP contribution in [0.4, 0.5) is 0 Å². The Labute approximate surface area is 200 Å². The quantitative estimate of drug-likeness (QED) is 0.432. The van der Waals surface area contributed by atoms with Gasteiger partial charge in [0.25, 0.3) is 0 Å². The number of hydrogen-bond donors (Lipinski definition) is 0. The summed E-state index contributed by atoms with van der Waals surface area (Å²) in [6.45, 7) is 11.0. The van der Waals surface area contributed by atoms with Gasteiger partial charge in [-0.1, -0.05) is 50.5 Å². The van der Waals surface area contributed by atoms with Gasteiger partial charge in [-0.3, -0.25) is 4.90 Å². The van der Waals surface area contributed by atoms with E-state index in [9.17, 15) is 0 Å². The van der Waals surface area contributed by atoms with Gasteiger partial charge in [0.2, 0.25) is 0 Å². The molecule has 3 nitrogen and oxygen atoms in total. The first-order valence-corrected chi connectivity index (χ1v) is 12.9. The Morgan fingerprint density at radius 3 is 2.45 bits per heavy atom. The standard InChI is InChI=1S/C30H41NO2/c1-22(2)17-24-9-10-27(30(18-24)32-4)21-33-28-13-14-29-23(3)26(12-11-25(29)19-28)20-31-15-7-5-6-8-16-31/h9-10,13-14,18-19,22H,5-8,11-12,15-17,20-21H2,1-4H3. The van der Waals surface area contributed by atoms with Crippen molar-refractivity contribution in [2.45, 2.75) is 72.3 Å². The molecule has 1 aliphatic carbocycles. The van der Waals surface area contributed by atoms with E-state index in [1.54, 1.807) is 12.7 Å². The highest BCUT2D eigenvalue weighted by Crippen LogP contribution is 2.34. The third-order valence-corrected chi connectivity index (χ3v) is 7.21. The summed E-state index contributed by atoms with van der Waals surface area (Å²) >= 11 is 0. The van der Waals surface area contributed by atoms with Crippen molar-refractivity contribution in [1.82, 2.24) is 4.90 Å². The minimum absolute atomic E-state index is 0.527. The molecule has 2 aromatic carbocycles. The van der Waals surface area contributed by atoms with E-state index in [2.05, 4.69) is 62.1 Å². The van der Waals surface area contributed by atoms with Crippen LogP contribution >= 0.6 is 0 Å². The van der Waals surface area contributed by atoms with Crippen molar-refractivity contribution in [3.8, 4) is 11.5 Å². The number of hydrogen-bond acceptors (Lipinski definition) is 3. The van der Waals surface area contributed by atoms with Crippen molar-refractivity contribution in [3.05, 3.63) is 64.2 Å². The second-order valence-corrected chi connectivity index (χ2v) is 10.3. The Hall–Kier alpha value is -2.26. The second-order valence-electron chi connectivity index (χ2n) is 10.3. The fourth-order valence-corrected chi connectivity index (χ4v) is 5.33. The van der Waals surface area contributed by atoms with Crippen LogP contribution in [0.5, 0.6) is 11.5 Å². The molecule has 0 radical (unpaired) electrons. The normalized spacial score (nSPS) is 17.1. The van der Waals surface area contributed by atoms with Crippen molar-refractivity contribution in [2.75, 3.05) is 26.7 Å². The van der Waals surface area contributed by atoms with Crippen LogP contribution in [-0.4, -0.2) is 31.6 Å². The van der Waals surface area contributed by atoms with Gasteiger partial charge in [0, 0.05) is 12.1 Å². The summed E-state index contributed by atoms with van der Waals surface area (Å²) in [5.41, 5.74) is 8.35. The lowest BCUT2D eigenvalue weighted by molar-refractivity contribution is 0.296. The van der Waals surface area contributed by atoms with E-state index >= 15 is 0 Å². The first kappa shape index (κ1) is 23.9. The Balaban J connectivity index is 1.42. The van der Waals surface area contributed by atoms with Gasteiger partial charge in [-0.2, -0.15) is 0 Å². The summed E-state index contributed by atoms with van der Waals surface area (Å²) in [6.07, 6.45) is 8.85. The predicted molar refractivity (Wildman–Crippen MR) is 138 cm³/mol. The zero-order valence-corrected chi connectivity index (χ0v) is 21.1. The molecule has 0 aromatic heterocycles. The molecule has 0 unspecified atom stereocenters. The summed E-state index contributed by atoms with van der Waals surface area (Å²) in [6, 6.07) is 13.2. The van der Waals surface area contributed by atoms with Gasteiger partial charge in [0.1, 0.15) is 18.1 Å². The number of rotatable bonds is 8. The molecule has 178 valence electrons. The van der Waals surface area contributed by atoms with Crippen LogP contribution in [-0.2, 0) is 19.4 Å². The number of methoxy groups -OCH3 is 1. The smallest absolute Gasteiger partial charge is 0.125 e. The van der Waals surface area contributed by atoms with Gasteiger partial charge in [-0.25, -0.2) is 0 Å². The van der Waals surface area contributed by atoms with E-state index in [-0.39, 0.29) is 0 Å². The number of nitrogens with zero attached hydrogens (tertiary/aromatic N) is 1. The zero-order valence-electron chi connectivity index (χ0n) is 21.1. The molecule has 0 atom stereocenters. The van der Waals surface area contributed by atoms with Crippen LogP contribution < -0.4 is 9.47 Å². The van der Waals surface area contributed by atoms with E-state index < -0.39 is 0 Å². The number of allylic oxidation sites excluding steroid dienone is 1. The molecule has 1 fully saturated rings. The largest absolute Gasteiger partial charge is 0.496 e. The van der Waals surface area contributed by atoms with Gasteiger partial charge in [0.15, 0.2) is 0 Å². The lowest BCUT2D eigenvalue weighted by atomic mass is 9.86. The van der Waals surface area contributed by atoms with Crippen molar-refractivity contribution in [1.29, 1.82) is 0 Å². The van der Waals surface area contributed by atoms with E-state index in [1.165, 1.54) is 67.5 Å². The fourth-order valence-electron chi connectivity index (χ4n) is 5.33. The van der Waals surface area contributed by atoms with E-state index in [4.69, 9.17) is 9.47 Å². The Bertz CT molecular complexity index is 967. The van der Waals surface area contributed by atoms with Crippen molar-refractivity contribution in [3.63, 3.8) is 0 Å². The Morgan fingerprint density at radius 2 is 1.73 bits per heavy atom. The molecule has 0 bridgehead atoms. The van der Waals surface area contributed by atoms with Crippen molar-refractivity contribution in [2.24, 2.45) is 5.92 Å². The van der Waals surface area contributed by atoms with Crippen LogP contribution in [0.1, 0.15) is 75.1 Å². The molecule has 0 N–H and O–H groups in total. The number of benzene rings is 2. The summed E-state index contributed by atoms with van der Waals surface area (Å²) in [5, 5.41) is 0. The highest BCUT2D eigenvalue weighted by molar-refractivity contribution is 5.72. The molecule has 1 aliphatic heterocycles. The van der Waals surface area contributed by atoms with Crippen molar-refractivity contribution < 1.29 is 9.47 Å². The molecular weight excluding hydrogens is 406 g/mol. The fraction of sp³-hybridized carbons (Fsp3) is 0.533. The minimum atomic E-state index is 0.527. The second kappa shape index (κ2) is 11.2. The lowest BCUT2D eigenvalue weighted by Gasteiger charge is -2.27. The lowest BCUT2D eigenvalue weighted by Crippen LogP contribution is -2.28. The Morgan fingerprint density at radius 1 is 0.939 bits per heavy atom. The molecule has 2 aliphatic rings. The molecule has 0 saturated carbocycles. The monoisotopic (exact) mass is 447 g/mol. The van der Waals surface area contributed by atoms with Gasteiger partial charge in [0.05, 0.1) is 7.11 Å². The third-order valence-electron chi connectivity index (χ3n) is 7.21. The molecule has 3 heteroatoms. The van der Waals surface area contributed by atoms with E-state index in [1.807, 2.05) is 0 Å². The van der Waals surface area contributed by atoms with Crippen LogP contribution in [0.25, 0.3) is 5.57 Å². The molecule has 1 saturated heterocycles. The Kier molecular flexibility index (Phi) is 8.14. The average Bonchev–Trinajstić information content (AvgIpc) is 3.08. The molecular formula is C30H41NO2. The number of likely N-dealkylation sites (tertiary alicyclic amines) is 1. The summed E-state index contributed by atoms with van der Waals surface area (Å²) in [7, 11) is 1.75. The van der Waals surface area contributed by atoms with Crippen LogP contribution in [0.15, 0.2) is 42.0 Å². The molecule has 33 heavy (non-hydrogen) atoms. The highest BCUT2D eigenvalue weighted by Gasteiger charge is 2.19. The maximum absolute atomic E-state index is 6.21. The van der Waals surface area contributed by atoms with Gasteiger partial charge < -0.3 is 9.47 Å². The van der Waals surface area contributed by atoms with Crippen molar-refractivity contribution >= 4 is 5.57 Å². The highest BCUT2D eigenvalue weighted by atomic mass is 16.5. The van der Waals surface area contributed by atoms with E-state index in [0.717, 1.165) is 36.4 Å². The number of ether oxygens (including phenoxy) is 2. The summed E-state index contributed by atoms with van der Waals surface area (Å²) in [5.74, 6) is 2.50. The maximum atomic E-state index is 6.21. The van der Waals surface area contributed by atoms with Gasteiger partial charge in [-0.15, -0.1) is 0 Å². The summed E-state index contributed by atoms with van der Waals surface area (Å²) in [4.78, 5) is 2.67. The van der Waals surface area contributed by atoms with Gasteiger partial charge in [-0.05, 0) is 98.5 Å². The van der Waals surface area contributed by atoms with Gasteiger partial charge >= 0.3 is 0 Å². The van der Waals surface area contributed by atoms with Crippen LogP contribution in [0.2, 0.25) is 0 Å². The zero-order chi connectivity index (χ0) is 23.2. The SMILES string of the molecule is COc1cc(CC(C)C)ccc1COc1ccc2c(c1)CCC(CN1CCCCCC1)=C2C. The van der Waals surface area contributed by atoms with Crippen LogP contribution in [0, 0.1) is 5.92 Å². The molecule has 0 spiro atoms. The van der Waals surface area contributed by atoms with E-state index in [0.29, 0.717) is 12.5 Å². The summed E-state index contributed by atoms with van der Waals surface area (Å²) < 4.78 is 11.9. The molecule has 0 amide bonds. The number of aryl methyl sites for hydroxylation is 1. The average molecular weight is 448 g/mol. The minimum Gasteiger partial charge on any atom is -0.496 e. The first-order valence-electron chi connectivity index (χ1n) is 12.9. The molecule has 2 aromatic rings. The number of fused-ring (bicyclic) bond motifs is 1. The van der Waals surface area contributed by atoms with Crippen LogP contribution in [0.3, 0.4) is 0 Å². The first-order chi connectivity index (χ1) is 16.0. The predicted octanol–water partition coefficient (Wildman–Crippen LogP) is 7.07. The molecule has 4 rings (SSSR count). The maximum Gasteiger partial charge on any atom is 0.125 e. The molecule has 1 heterocycles. The third kappa shape index (κ3) is 6.20. The topological polar surface area (TPSA) is 21.7 Å².